The number of thioether (sulfide) groups is 1. The first-order valence-corrected chi connectivity index (χ1v) is 8.50. The van der Waals surface area contributed by atoms with Crippen LogP contribution >= 0.6 is 11.8 Å². The normalized spacial score (nSPS) is 11.9. The van der Waals surface area contributed by atoms with E-state index in [0.29, 0.717) is 5.16 Å². The molecule has 2 aromatic carbocycles. The van der Waals surface area contributed by atoms with Crippen molar-refractivity contribution in [2.75, 3.05) is 5.32 Å². The Morgan fingerprint density at radius 3 is 2.33 bits per heavy atom. The number of amides is 1. The van der Waals surface area contributed by atoms with E-state index in [-0.39, 0.29) is 11.2 Å². The van der Waals surface area contributed by atoms with E-state index in [1.807, 2.05) is 79.2 Å². The van der Waals surface area contributed by atoms with Crippen molar-refractivity contribution in [2.24, 2.45) is 7.05 Å². The fourth-order valence-corrected chi connectivity index (χ4v) is 3.05. The predicted molar refractivity (Wildman–Crippen MR) is 96.8 cm³/mol. The molecule has 1 amide bonds. The van der Waals surface area contributed by atoms with Gasteiger partial charge in [-0.25, -0.2) is 0 Å². The van der Waals surface area contributed by atoms with Crippen LogP contribution in [-0.2, 0) is 11.8 Å². The molecule has 0 saturated heterocycles. The summed E-state index contributed by atoms with van der Waals surface area (Å²) in [6.07, 6.45) is 0. The van der Waals surface area contributed by atoms with E-state index in [4.69, 9.17) is 0 Å². The maximum atomic E-state index is 12.3. The Morgan fingerprint density at radius 2 is 1.67 bits per heavy atom. The molecule has 0 radical (unpaired) electrons. The summed E-state index contributed by atoms with van der Waals surface area (Å²) < 4.78 is 1.91. The van der Waals surface area contributed by atoms with Crippen LogP contribution in [0, 0.1) is 0 Å². The lowest BCUT2D eigenvalue weighted by atomic mass is 10.2. The Bertz CT molecular complexity index is 818. The van der Waals surface area contributed by atoms with Crippen LogP contribution in [0.4, 0.5) is 5.69 Å². The maximum absolute atomic E-state index is 12.3. The van der Waals surface area contributed by atoms with E-state index >= 15 is 0 Å². The third kappa shape index (κ3) is 3.65. The van der Waals surface area contributed by atoms with Gasteiger partial charge in [0.2, 0.25) is 5.91 Å². The average Bonchev–Trinajstić information content (AvgIpc) is 2.97. The molecule has 1 N–H and O–H groups in total. The highest BCUT2D eigenvalue weighted by Crippen LogP contribution is 2.26. The van der Waals surface area contributed by atoms with Gasteiger partial charge in [0.15, 0.2) is 11.0 Å². The first-order chi connectivity index (χ1) is 11.6. The van der Waals surface area contributed by atoms with E-state index in [9.17, 15) is 4.79 Å². The molecule has 0 unspecified atom stereocenters. The molecular formula is C18H18N4OS. The second-order valence-corrected chi connectivity index (χ2v) is 6.65. The van der Waals surface area contributed by atoms with E-state index in [1.165, 1.54) is 11.8 Å². The molecule has 3 rings (SSSR count). The Hall–Kier alpha value is -2.60. The summed E-state index contributed by atoms with van der Waals surface area (Å²) in [6.45, 7) is 1.86. The van der Waals surface area contributed by atoms with Gasteiger partial charge in [-0.15, -0.1) is 10.2 Å². The van der Waals surface area contributed by atoms with Crippen LogP contribution in [-0.4, -0.2) is 25.9 Å². The van der Waals surface area contributed by atoms with E-state index in [2.05, 4.69) is 15.5 Å². The van der Waals surface area contributed by atoms with Gasteiger partial charge in [-0.2, -0.15) is 0 Å². The van der Waals surface area contributed by atoms with Gasteiger partial charge in [0.05, 0.1) is 5.25 Å². The number of nitrogens with zero attached hydrogens (tertiary/aromatic N) is 3. The number of aromatic nitrogens is 3. The predicted octanol–water partition coefficient (Wildman–Crippen LogP) is 3.60. The third-order valence-corrected chi connectivity index (χ3v) is 4.69. The summed E-state index contributed by atoms with van der Waals surface area (Å²) >= 11 is 1.39. The smallest absolute Gasteiger partial charge is 0.237 e. The van der Waals surface area contributed by atoms with Crippen molar-refractivity contribution < 1.29 is 4.79 Å². The first kappa shape index (κ1) is 16.3. The van der Waals surface area contributed by atoms with Crippen molar-refractivity contribution in [3.63, 3.8) is 0 Å². The lowest BCUT2D eigenvalue weighted by Crippen LogP contribution is -2.22. The van der Waals surface area contributed by atoms with Gasteiger partial charge in [-0.3, -0.25) is 4.79 Å². The van der Waals surface area contributed by atoms with E-state index in [1.54, 1.807) is 0 Å². The number of carbonyl (C=O) groups excluding carboxylic acids is 1. The van der Waals surface area contributed by atoms with Crippen LogP contribution in [0.1, 0.15) is 6.92 Å². The van der Waals surface area contributed by atoms with Crippen molar-refractivity contribution in [3.05, 3.63) is 60.7 Å². The molecule has 122 valence electrons. The number of hydrogen-bond acceptors (Lipinski definition) is 4. The molecule has 0 aliphatic rings. The summed E-state index contributed by atoms with van der Waals surface area (Å²) in [5, 5.41) is 11.8. The zero-order valence-corrected chi connectivity index (χ0v) is 14.3. The molecule has 1 aromatic heterocycles. The molecule has 1 heterocycles. The summed E-state index contributed by atoms with van der Waals surface area (Å²) in [6, 6.07) is 19.3. The summed E-state index contributed by atoms with van der Waals surface area (Å²) in [7, 11) is 1.91. The van der Waals surface area contributed by atoms with E-state index < -0.39 is 0 Å². The Kier molecular flexibility index (Phi) is 4.96. The largest absolute Gasteiger partial charge is 0.325 e. The van der Waals surface area contributed by atoms with Crippen molar-refractivity contribution in [1.29, 1.82) is 0 Å². The molecule has 5 nitrogen and oxygen atoms in total. The standard InChI is InChI=1S/C18H18N4OS/c1-13(17(23)19-15-11-7-4-8-12-15)24-18-21-20-16(22(18)2)14-9-5-3-6-10-14/h3-13H,1-2H3,(H,19,23)/t13-/m0/s1. The van der Waals surface area contributed by atoms with Gasteiger partial charge in [0.25, 0.3) is 0 Å². The molecule has 0 bridgehead atoms. The minimum Gasteiger partial charge on any atom is -0.325 e. The fourth-order valence-electron chi connectivity index (χ4n) is 2.23. The van der Waals surface area contributed by atoms with Crippen LogP contribution in [0.5, 0.6) is 0 Å². The van der Waals surface area contributed by atoms with Crippen LogP contribution in [0.25, 0.3) is 11.4 Å². The topological polar surface area (TPSA) is 59.8 Å². The lowest BCUT2D eigenvalue weighted by Gasteiger charge is -2.11. The number of benzene rings is 2. The number of para-hydroxylation sites is 1. The van der Waals surface area contributed by atoms with E-state index in [0.717, 1.165) is 17.1 Å². The van der Waals surface area contributed by atoms with Gasteiger partial charge >= 0.3 is 0 Å². The molecule has 24 heavy (non-hydrogen) atoms. The van der Waals surface area contributed by atoms with Gasteiger partial charge < -0.3 is 9.88 Å². The summed E-state index contributed by atoms with van der Waals surface area (Å²) in [4.78, 5) is 12.3. The SMILES string of the molecule is C[C@H](Sc1nnc(-c2ccccc2)n1C)C(=O)Nc1ccccc1. The highest BCUT2D eigenvalue weighted by molar-refractivity contribution is 8.00. The highest BCUT2D eigenvalue weighted by Gasteiger charge is 2.19. The number of hydrogen-bond donors (Lipinski definition) is 1. The molecule has 3 aromatic rings. The van der Waals surface area contributed by atoms with Gasteiger partial charge in [-0.05, 0) is 19.1 Å². The van der Waals surface area contributed by atoms with Gasteiger partial charge in [-0.1, -0.05) is 60.3 Å². The van der Waals surface area contributed by atoms with Crippen molar-refractivity contribution in [1.82, 2.24) is 14.8 Å². The van der Waals surface area contributed by atoms with Crippen LogP contribution in [0.15, 0.2) is 65.8 Å². The molecule has 0 spiro atoms. The molecule has 6 heteroatoms. The second-order valence-electron chi connectivity index (χ2n) is 5.35. The molecule has 0 aliphatic heterocycles. The Labute approximate surface area is 145 Å². The quantitative estimate of drug-likeness (QED) is 0.722. The third-order valence-electron chi connectivity index (χ3n) is 3.56. The van der Waals surface area contributed by atoms with Crippen LogP contribution in [0.3, 0.4) is 0 Å². The lowest BCUT2D eigenvalue weighted by molar-refractivity contribution is -0.115. The number of nitrogens with one attached hydrogen (secondary N) is 1. The minimum atomic E-state index is -0.281. The fraction of sp³-hybridized carbons (Fsp3) is 0.167. The highest BCUT2D eigenvalue weighted by atomic mass is 32.2. The molecule has 0 fully saturated rings. The molecule has 1 atom stereocenters. The van der Waals surface area contributed by atoms with Crippen LogP contribution in [0.2, 0.25) is 0 Å². The van der Waals surface area contributed by atoms with Crippen molar-refractivity contribution >= 4 is 23.4 Å². The number of carbonyl (C=O) groups is 1. The van der Waals surface area contributed by atoms with Gasteiger partial charge in [0, 0.05) is 18.3 Å². The number of anilines is 1. The van der Waals surface area contributed by atoms with Crippen molar-refractivity contribution in [3.8, 4) is 11.4 Å². The Balaban J connectivity index is 1.70. The zero-order valence-electron chi connectivity index (χ0n) is 13.5. The minimum absolute atomic E-state index is 0.0598. The molecule has 0 aliphatic carbocycles. The van der Waals surface area contributed by atoms with Gasteiger partial charge in [0.1, 0.15) is 0 Å². The second kappa shape index (κ2) is 7.31. The zero-order chi connectivity index (χ0) is 16.9. The maximum Gasteiger partial charge on any atom is 0.237 e. The first-order valence-electron chi connectivity index (χ1n) is 7.62. The Morgan fingerprint density at radius 1 is 1.04 bits per heavy atom. The molecule has 0 saturated carbocycles. The molecular weight excluding hydrogens is 320 g/mol. The number of rotatable bonds is 5. The monoisotopic (exact) mass is 338 g/mol. The van der Waals surface area contributed by atoms with Crippen LogP contribution < -0.4 is 5.32 Å². The average molecular weight is 338 g/mol. The summed E-state index contributed by atoms with van der Waals surface area (Å²) in [5.41, 5.74) is 1.79. The van der Waals surface area contributed by atoms with Crippen molar-refractivity contribution in [2.45, 2.75) is 17.3 Å². The summed E-state index contributed by atoms with van der Waals surface area (Å²) in [5.74, 6) is 0.726.